The molecule has 1 aromatic rings. The molecule has 0 aliphatic heterocycles. The van der Waals surface area contributed by atoms with Gasteiger partial charge in [-0.3, -0.25) is 0 Å². The van der Waals surface area contributed by atoms with Gasteiger partial charge in [0, 0.05) is 25.5 Å². The average Bonchev–Trinajstić information content (AvgIpc) is 2.51. The zero-order valence-electron chi connectivity index (χ0n) is 8.65. The summed E-state index contributed by atoms with van der Waals surface area (Å²) >= 11 is 0. The van der Waals surface area contributed by atoms with Gasteiger partial charge in [0.2, 0.25) is 0 Å². The summed E-state index contributed by atoms with van der Waals surface area (Å²) in [6, 6.07) is 0. The van der Waals surface area contributed by atoms with Crippen LogP contribution in [0.15, 0.2) is 18.5 Å². The number of rotatable bonds is 3. The van der Waals surface area contributed by atoms with Gasteiger partial charge in [0.15, 0.2) is 0 Å². The minimum atomic E-state index is -0.326. The van der Waals surface area contributed by atoms with E-state index in [4.69, 9.17) is 4.74 Å². The van der Waals surface area contributed by atoms with Crippen LogP contribution in [0, 0.1) is 0 Å². The van der Waals surface area contributed by atoms with E-state index < -0.39 is 0 Å². The molecule has 0 fully saturated rings. The first kappa shape index (κ1) is 10.5. The predicted molar refractivity (Wildman–Crippen MR) is 53.5 cm³/mol. The van der Waals surface area contributed by atoms with E-state index in [2.05, 4.69) is 4.98 Å². The third kappa shape index (κ3) is 2.45. The summed E-state index contributed by atoms with van der Waals surface area (Å²) in [6.45, 7) is 4.00. The maximum absolute atomic E-state index is 11.1. The molecular weight excluding hydrogens is 180 g/mol. The van der Waals surface area contributed by atoms with Crippen LogP contribution in [0.2, 0.25) is 0 Å². The van der Waals surface area contributed by atoms with Crippen LogP contribution in [0.3, 0.4) is 0 Å². The van der Waals surface area contributed by atoms with Crippen LogP contribution in [0.5, 0.6) is 0 Å². The Balaban J connectivity index is 2.79. The van der Waals surface area contributed by atoms with E-state index in [0.717, 1.165) is 11.4 Å². The summed E-state index contributed by atoms with van der Waals surface area (Å²) < 4.78 is 6.65. The highest BCUT2D eigenvalue weighted by molar-refractivity contribution is 5.89. The molecule has 0 N–H and O–H groups in total. The molecular formula is C10H14N2O2. The second-order valence-corrected chi connectivity index (χ2v) is 2.94. The molecule has 0 saturated carbocycles. The van der Waals surface area contributed by atoms with Crippen molar-refractivity contribution >= 4 is 11.5 Å². The minimum Gasteiger partial charge on any atom is -0.463 e. The monoisotopic (exact) mass is 194 g/mol. The fourth-order valence-corrected chi connectivity index (χ4v) is 1.17. The van der Waals surface area contributed by atoms with Gasteiger partial charge in [0.25, 0.3) is 0 Å². The van der Waals surface area contributed by atoms with Crippen LogP contribution in [0.1, 0.15) is 19.7 Å². The number of nitrogens with zero attached hydrogens (tertiary/aromatic N) is 2. The SMILES string of the molecule is CCOC(=O)/C=C(/C)c1nccn1C. The molecule has 0 spiro atoms. The molecule has 0 aliphatic rings. The molecule has 0 saturated heterocycles. The Kier molecular flexibility index (Phi) is 3.45. The maximum Gasteiger partial charge on any atom is 0.331 e. The molecule has 0 aromatic carbocycles. The van der Waals surface area contributed by atoms with Crippen molar-refractivity contribution in [3.05, 3.63) is 24.3 Å². The van der Waals surface area contributed by atoms with Gasteiger partial charge >= 0.3 is 5.97 Å². The fraction of sp³-hybridized carbons (Fsp3) is 0.400. The summed E-state index contributed by atoms with van der Waals surface area (Å²) in [7, 11) is 1.88. The smallest absolute Gasteiger partial charge is 0.331 e. The lowest BCUT2D eigenvalue weighted by Gasteiger charge is -2.01. The second-order valence-electron chi connectivity index (χ2n) is 2.94. The zero-order valence-corrected chi connectivity index (χ0v) is 8.65. The fourth-order valence-electron chi connectivity index (χ4n) is 1.17. The molecule has 0 bridgehead atoms. The predicted octanol–water partition coefficient (Wildman–Crippen LogP) is 1.39. The molecule has 0 aliphatic carbocycles. The molecule has 4 heteroatoms. The summed E-state index contributed by atoms with van der Waals surface area (Å²) in [6.07, 6.45) is 4.97. The van der Waals surface area contributed by atoms with Gasteiger partial charge in [-0.1, -0.05) is 0 Å². The van der Waals surface area contributed by atoms with Crippen LogP contribution in [0.25, 0.3) is 5.57 Å². The van der Waals surface area contributed by atoms with Gasteiger partial charge in [-0.05, 0) is 19.4 Å². The van der Waals surface area contributed by atoms with Crippen molar-refractivity contribution in [2.45, 2.75) is 13.8 Å². The standard InChI is InChI=1S/C10H14N2O2/c1-4-14-9(13)7-8(2)10-11-5-6-12(10)3/h5-7H,4H2,1-3H3/b8-7-. The minimum absolute atomic E-state index is 0.326. The molecule has 4 nitrogen and oxygen atoms in total. The van der Waals surface area contributed by atoms with Gasteiger partial charge in [0.05, 0.1) is 6.61 Å². The first-order valence-electron chi connectivity index (χ1n) is 4.48. The Bertz CT molecular complexity index is 353. The van der Waals surface area contributed by atoms with Gasteiger partial charge < -0.3 is 9.30 Å². The average molecular weight is 194 g/mol. The summed E-state index contributed by atoms with van der Waals surface area (Å²) in [5, 5.41) is 0. The van der Waals surface area contributed by atoms with Crippen LogP contribution in [-0.4, -0.2) is 22.1 Å². The Morgan fingerprint density at radius 3 is 2.93 bits per heavy atom. The van der Waals surface area contributed by atoms with E-state index >= 15 is 0 Å². The number of hydrogen-bond acceptors (Lipinski definition) is 3. The number of imidazole rings is 1. The van der Waals surface area contributed by atoms with Crippen molar-refractivity contribution in [2.75, 3.05) is 6.61 Å². The maximum atomic E-state index is 11.1. The number of allylic oxidation sites excluding steroid dienone is 1. The van der Waals surface area contributed by atoms with Crippen LogP contribution < -0.4 is 0 Å². The van der Waals surface area contributed by atoms with Crippen molar-refractivity contribution in [2.24, 2.45) is 7.05 Å². The highest BCUT2D eigenvalue weighted by Crippen LogP contribution is 2.09. The third-order valence-corrected chi connectivity index (χ3v) is 1.79. The van der Waals surface area contributed by atoms with E-state index in [9.17, 15) is 4.79 Å². The normalized spacial score (nSPS) is 11.5. The van der Waals surface area contributed by atoms with Crippen LogP contribution >= 0.6 is 0 Å². The lowest BCUT2D eigenvalue weighted by Crippen LogP contribution is -2.02. The lowest BCUT2D eigenvalue weighted by molar-refractivity contribution is -0.137. The van der Waals surface area contributed by atoms with Crippen LogP contribution in [-0.2, 0) is 16.6 Å². The number of hydrogen-bond donors (Lipinski definition) is 0. The quantitative estimate of drug-likeness (QED) is 0.539. The number of aryl methyl sites for hydroxylation is 1. The first-order valence-corrected chi connectivity index (χ1v) is 4.48. The third-order valence-electron chi connectivity index (χ3n) is 1.79. The number of esters is 1. The van der Waals surface area contributed by atoms with Gasteiger partial charge in [-0.25, -0.2) is 9.78 Å². The lowest BCUT2D eigenvalue weighted by atomic mass is 10.2. The van der Waals surface area contributed by atoms with Crippen molar-refractivity contribution in [1.82, 2.24) is 9.55 Å². The summed E-state index contributed by atoms with van der Waals surface area (Å²) in [5.41, 5.74) is 0.802. The zero-order chi connectivity index (χ0) is 10.6. The van der Waals surface area contributed by atoms with Gasteiger partial charge in [-0.2, -0.15) is 0 Å². The Morgan fingerprint density at radius 1 is 1.71 bits per heavy atom. The van der Waals surface area contributed by atoms with Gasteiger partial charge in [-0.15, -0.1) is 0 Å². The van der Waals surface area contributed by atoms with E-state index in [-0.39, 0.29) is 5.97 Å². The number of ether oxygens (including phenoxy) is 1. The highest BCUT2D eigenvalue weighted by Gasteiger charge is 2.04. The molecule has 1 rings (SSSR count). The molecule has 0 radical (unpaired) electrons. The molecule has 1 aromatic heterocycles. The van der Waals surface area contributed by atoms with Gasteiger partial charge in [0.1, 0.15) is 5.82 Å². The van der Waals surface area contributed by atoms with E-state index in [1.807, 2.05) is 24.7 Å². The number of carbonyl (C=O) groups excluding carboxylic acids is 1. The molecule has 0 atom stereocenters. The summed E-state index contributed by atoms with van der Waals surface area (Å²) in [4.78, 5) is 15.2. The van der Waals surface area contributed by atoms with E-state index in [0.29, 0.717) is 6.61 Å². The van der Waals surface area contributed by atoms with E-state index in [1.165, 1.54) is 6.08 Å². The number of carbonyl (C=O) groups is 1. The molecule has 1 heterocycles. The molecule has 0 unspecified atom stereocenters. The Morgan fingerprint density at radius 2 is 2.43 bits per heavy atom. The highest BCUT2D eigenvalue weighted by atomic mass is 16.5. The Hall–Kier alpha value is -1.58. The molecule has 76 valence electrons. The summed E-state index contributed by atoms with van der Waals surface area (Å²) in [5.74, 6) is 0.450. The van der Waals surface area contributed by atoms with E-state index in [1.54, 1.807) is 13.1 Å². The van der Waals surface area contributed by atoms with Crippen molar-refractivity contribution in [3.8, 4) is 0 Å². The number of aromatic nitrogens is 2. The van der Waals surface area contributed by atoms with Crippen molar-refractivity contribution < 1.29 is 9.53 Å². The Labute approximate surface area is 83.2 Å². The molecule has 0 amide bonds. The largest absolute Gasteiger partial charge is 0.463 e. The second kappa shape index (κ2) is 4.60. The first-order chi connectivity index (χ1) is 6.65. The van der Waals surface area contributed by atoms with Crippen molar-refractivity contribution in [1.29, 1.82) is 0 Å². The topological polar surface area (TPSA) is 44.1 Å². The van der Waals surface area contributed by atoms with Crippen molar-refractivity contribution in [3.63, 3.8) is 0 Å². The van der Waals surface area contributed by atoms with Crippen LogP contribution in [0.4, 0.5) is 0 Å². The molecule has 14 heavy (non-hydrogen) atoms.